The summed E-state index contributed by atoms with van der Waals surface area (Å²) in [6.07, 6.45) is -4.51. The number of aromatic amines is 1. The van der Waals surface area contributed by atoms with Crippen LogP contribution in [0.2, 0.25) is 0 Å². The van der Waals surface area contributed by atoms with Crippen LogP contribution in [0.3, 0.4) is 0 Å². The lowest BCUT2D eigenvalue weighted by molar-refractivity contribution is -0.141. The number of rotatable bonds is 2. The maximum absolute atomic E-state index is 14.1. The molecular weight excluding hydrogens is 338 g/mol. The predicted octanol–water partition coefficient (Wildman–Crippen LogP) is 4.35. The molecule has 0 saturated carbocycles. The molecule has 4 rings (SSSR count). The zero-order valence-corrected chi connectivity index (χ0v) is 12.8. The molecule has 0 fully saturated rings. The molecule has 0 aliphatic carbocycles. The number of fused-ring (bicyclic) bond motifs is 2. The number of halogens is 4. The molecule has 5 nitrogen and oxygen atoms in total. The Hall–Kier alpha value is -2.97. The summed E-state index contributed by atoms with van der Waals surface area (Å²) < 4.78 is 54.4. The fraction of sp³-hybridized carbons (Fsp3) is 0.188. The minimum absolute atomic E-state index is 0.00957. The Morgan fingerprint density at radius 3 is 2.64 bits per heavy atom. The van der Waals surface area contributed by atoms with E-state index < -0.39 is 18.0 Å². The van der Waals surface area contributed by atoms with Crippen LogP contribution < -0.4 is 0 Å². The number of nitrogens with zero attached hydrogens (tertiary/aromatic N) is 4. The highest BCUT2D eigenvalue weighted by atomic mass is 19.4. The lowest BCUT2D eigenvalue weighted by atomic mass is 10.2. The number of hydrogen-bond donors (Lipinski definition) is 1. The van der Waals surface area contributed by atoms with E-state index in [0.29, 0.717) is 5.69 Å². The van der Waals surface area contributed by atoms with E-state index in [2.05, 4.69) is 20.2 Å². The van der Waals surface area contributed by atoms with Crippen molar-refractivity contribution in [1.82, 2.24) is 24.7 Å². The summed E-state index contributed by atoms with van der Waals surface area (Å²) in [5, 5.41) is 7.42. The van der Waals surface area contributed by atoms with Gasteiger partial charge in [0.2, 0.25) is 0 Å². The van der Waals surface area contributed by atoms with Gasteiger partial charge < -0.3 is 0 Å². The van der Waals surface area contributed by atoms with Gasteiger partial charge in [-0.15, -0.1) is 0 Å². The Morgan fingerprint density at radius 2 is 1.92 bits per heavy atom. The standard InChI is InChI=1S/C16H11F4N5/c1-8(17)14-22-12-4-5-13(16(18,19)20)23-15(12)25(14)10-2-3-11-9(6-10)7-21-24-11/h2-8H,1H3,(H,21,24). The molecule has 1 N–H and O–H groups in total. The van der Waals surface area contributed by atoms with E-state index in [9.17, 15) is 17.6 Å². The monoisotopic (exact) mass is 349 g/mol. The van der Waals surface area contributed by atoms with E-state index >= 15 is 0 Å². The Kier molecular flexibility index (Phi) is 3.28. The predicted molar refractivity (Wildman–Crippen MR) is 83.0 cm³/mol. The quantitative estimate of drug-likeness (QED) is 0.548. The summed E-state index contributed by atoms with van der Waals surface area (Å²) >= 11 is 0. The first-order valence-electron chi connectivity index (χ1n) is 7.39. The van der Waals surface area contributed by atoms with Gasteiger partial charge in [0.1, 0.15) is 17.0 Å². The summed E-state index contributed by atoms with van der Waals surface area (Å²) in [6.45, 7) is 1.28. The van der Waals surface area contributed by atoms with E-state index in [0.717, 1.165) is 17.0 Å². The zero-order chi connectivity index (χ0) is 17.8. The van der Waals surface area contributed by atoms with Crippen LogP contribution in [0.4, 0.5) is 17.6 Å². The van der Waals surface area contributed by atoms with Gasteiger partial charge in [-0.3, -0.25) is 9.67 Å². The second-order valence-electron chi connectivity index (χ2n) is 5.60. The Morgan fingerprint density at radius 1 is 1.12 bits per heavy atom. The molecule has 1 aromatic carbocycles. The van der Waals surface area contributed by atoms with Gasteiger partial charge in [-0.25, -0.2) is 14.4 Å². The molecule has 0 radical (unpaired) electrons. The van der Waals surface area contributed by atoms with Crippen molar-refractivity contribution < 1.29 is 17.6 Å². The van der Waals surface area contributed by atoms with Crippen molar-refractivity contribution in [2.45, 2.75) is 19.3 Å². The van der Waals surface area contributed by atoms with Crippen molar-refractivity contribution in [1.29, 1.82) is 0 Å². The van der Waals surface area contributed by atoms with Gasteiger partial charge in [0.15, 0.2) is 11.8 Å². The van der Waals surface area contributed by atoms with Gasteiger partial charge in [0, 0.05) is 11.1 Å². The van der Waals surface area contributed by atoms with Crippen molar-refractivity contribution in [3.8, 4) is 5.69 Å². The molecule has 0 spiro atoms. The average molecular weight is 349 g/mol. The highest BCUT2D eigenvalue weighted by Crippen LogP contribution is 2.32. The molecule has 128 valence electrons. The third-order valence-electron chi connectivity index (χ3n) is 3.86. The second-order valence-corrected chi connectivity index (χ2v) is 5.60. The lowest BCUT2D eigenvalue weighted by Gasteiger charge is -2.11. The number of aromatic nitrogens is 5. The van der Waals surface area contributed by atoms with Gasteiger partial charge in [-0.1, -0.05) is 0 Å². The number of imidazole rings is 1. The van der Waals surface area contributed by atoms with Crippen LogP contribution in [0.25, 0.3) is 27.8 Å². The summed E-state index contributed by atoms with van der Waals surface area (Å²) in [5.41, 5.74) is 0.315. The van der Waals surface area contributed by atoms with Crippen molar-refractivity contribution in [2.75, 3.05) is 0 Å². The number of nitrogens with one attached hydrogen (secondary N) is 1. The minimum Gasteiger partial charge on any atom is -0.278 e. The highest BCUT2D eigenvalue weighted by Gasteiger charge is 2.33. The molecule has 0 saturated heterocycles. The Balaban J connectivity index is 2.03. The summed E-state index contributed by atoms with van der Waals surface area (Å²) in [5.74, 6) is -0.00957. The summed E-state index contributed by atoms with van der Waals surface area (Å²) in [6, 6.07) is 7.09. The fourth-order valence-electron chi connectivity index (χ4n) is 2.72. The highest BCUT2D eigenvalue weighted by molar-refractivity contribution is 5.82. The first kappa shape index (κ1) is 15.6. The molecule has 25 heavy (non-hydrogen) atoms. The minimum atomic E-state index is -4.60. The van der Waals surface area contributed by atoms with E-state index in [4.69, 9.17) is 0 Å². The van der Waals surface area contributed by atoms with Crippen molar-refractivity contribution in [3.05, 3.63) is 48.0 Å². The van der Waals surface area contributed by atoms with Crippen LogP contribution in [-0.4, -0.2) is 24.7 Å². The van der Waals surface area contributed by atoms with Crippen LogP contribution >= 0.6 is 0 Å². The van der Waals surface area contributed by atoms with Gasteiger partial charge in [-0.2, -0.15) is 18.3 Å². The van der Waals surface area contributed by atoms with Crippen molar-refractivity contribution in [2.24, 2.45) is 0 Å². The first-order valence-corrected chi connectivity index (χ1v) is 7.39. The smallest absolute Gasteiger partial charge is 0.278 e. The number of alkyl halides is 4. The molecule has 3 heterocycles. The van der Waals surface area contributed by atoms with E-state index in [-0.39, 0.29) is 17.0 Å². The number of benzene rings is 1. The van der Waals surface area contributed by atoms with Crippen LogP contribution in [0.15, 0.2) is 36.5 Å². The molecule has 0 bridgehead atoms. The molecule has 9 heteroatoms. The third kappa shape index (κ3) is 2.51. The second kappa shape index (κ2) is 5.27. The maximum atomic E-state index is 14.1. The molecule has 1 unspecified atom stereocenters. The van der Waals surface area contributed by atoms with Crippen LogP contribution in [0.5, 0.6) is 0 Å². The first-order chi connectivity index (χ1) is 11.8. The van der Waals surface area contributed by atoms with Gasteiger partial charge in [0.25, 0.3) is 0 Å². The molecule has 4 aromatic rings. The average Bonchev–Trinajstić information content (AvgIpc) is 3.16. The number of pyridine rings is 1. The summed E-state index contributed by atoms with van der Waals surface area (Å²) in [4.78, 5) is 7.79. The van der Waals surface area contributed by atoms with Gasteiger partial charge in [0.05, 0.1) is 11.7 Å². The molecule has 3 aromatic heterocycles. The molecule has 1 atom stereocenters. The third-order valence-corrected chi connectivity index (χ3v) is 3.86. The van der Waals surface area contributed by atoms with Crippen LogP contribution in [-0.2, 0) is 6.18 Å². The van der Waals surface area contributed by atoms with Crippen LogP contribution in [0.1, 0.15) is 24.6 Å². The zero-order valence-electron chi connectivity index (χ0n) is 12.8. The molecular formula is C16H11F4N5. The largest absolute Gasteiger partial charge is 0.433 e. The molecule has 0 aliphatic rings. The van der Waals surface area contributed by atoms with Gasteiger partial charge in [-0.05, 0) is 37.3 Å². The molecule has 0 aliphatic heterocycles. The lowest BCUT2D eigenvalue weighted by Crippen LogP contribution is -2.09. The Bertz CT molecular complexity index is 1080. The van der Waals surface area contributed by atoms with Crippen LogP contribution in [0, 0.1) is 0 Å². The molecule has 0 amide bonds. The maximum Gasteiger partial charge on any atom is 0.433 e. The van der Waals surface area contributed by atoms with E-state index in [1.165, 1.54) is 17.6 Å². The Labute approximate surface area is 138 Å². The normalized spacial score (nSPS) is 13.6. The van der Waals surface area contributed by atoms with Crippen molar-refractivity contribution >= 4 is 22.1 Å². The number of H-pyrrole nitrogens is 1. The summed E-state index contributed by atoms with van der Waals surface area (Å²) in [7, 11) is 0. The number of hydrogen-bond acceptors (Lipinski definition) is 3. The SMILES string of the molecule is CC(F)c1nc2ccc(C(F)(F)F)nc2n1-c1ccc2[nH]ncc2c1. The van der Waals surface area contributed by atoms with E-state index in [1.54, 1.807) is 24.4 Å². The van der Waals surface area contributed by atoms with Gasteiger partial charge >= 0.3 is 6.18 Å². The topological polar surface area (TPSA) is 59.4 Å². The van der Waals surface area contributed by atoms with E-state index in [1.807, 2.05) is 0 Å². The van der Waals surface area contributed by atoms with Crippen molar-refractivity contribution in [3.63, 3.8) is 0 Å². The fourth-order valence-corrected chi connectivity index (χ4v) is 2.72.